The number of aryl methyl sites for hydroxylation is 1. The molecule has 0 radical (unpaired) electrons. The molecule has 0 saturated carbocycles. The highest BCUT2D eigenvalue weighted by molar-refractivity contribution is 5.86. The van der Waals surface area contributed by atoms with E-state index in [1.165, 1.54) is 5.56 Å². The molecule has 0 aliphatic heterocycles. The average molecular weight is 383 g/mol. The first-order valence-corrected chi connectivity index (χ1v) is 9.36. The van der Waals surface area contributed by atoms with Crippen LogP contribution in [-0.2, 0) is 11.2 Å². The molecule has 1 aromatic carbocycles. The van der Waals surface area contributed by atoms with Gasteiger partial charge < -0.3 is 20.3 Å². The Kier molecular flexibility index (Phi) is 8.78. The summed E-state index contributed by atoms with van der Waals surface area (Å²) in [5.41, 5.74) is 2.17. The Hall–Kier alpha value is -3.09. The van der Waals surface area contributed by atoms with E-state index in [9.17, 15) is 4.79 Å². The number of rotatable bonds is 9. The third kappa shape index (κ3) is 7.65. The normalized spacial score (nSPS) is 11.0. The van der Waals surface area contributed by atoms with Gasteiger partial charge in [-0.2, -0.15) is 0 Å². The number of benzene rings is 1. The molecule has 0 bridgehead atoms. The van der Waals surface area contributed by atoms with E-state index >= 15 is 0 Å². The third-order valence-corrected chi connectivity index (χ3v) is 4.17. The van der Waals surface area contributed by atoms with E-state index in [1.54, 1.807) is 25.2 Å². The monoisotopic (exact) mass is 383 g/mol. The van der Waals surface area contributed by atoms with Gasteiger partial charge in [0.2, 0.25) is 5.91 Å². The number of carbonyl (C=O) groups is 1. The van der Waals surface area contributed by atoms with Gasteiger partial charge in [-0.05, 0) is 31.2 Å². The first-order chi connectivity index (χ1) is 13.6. The van der Waals surface area contributed by atoms with Crippen LogP contribution >= 0.6 is 0 Å². The number of ether oxygens (including phenoxy) is 1. The number of guanidine groups is 1. The Morgan fingerprint density at radius 1 is 1.18 bits per heavy atom. The summed E-state index contributed by atoms with van der Waals surface area (Å²) in [7, 11) is 3.46. The molecule has 1 heterocycles. The van der Waals surface area contributed by atoms with Crippen LogP contribution in [0, 0.1) is 6.92 Å². The minimum Gasteiger partial charge on any atom is -0.492 e. The molecule has 1 amide bonds. The zero-order chi connectivity index (χ0) is 20.2. The Bertz CT molecular complexity index is 747. The van der Waals surface area contributed by atoms with Crippen molar-refractivity contribution in [3.63, 3.8) is 0 Å². The molecule has 2 rings (SSSR count). The summed E-state index contributed by atoms with van der Waals surface area (Å²) >= 11 is 0. The van der Waals surface area contributed by atoms with Crippen LogP contribution in [0.25, 0.3) is 0 Å². The topological polar surface area (TPSA) is 78.9 Å². The highest BCUT2D eigenvalue weighted by atomic mass is 16.5. The van der Waals surface area contributed by atoms with E-state index in [-0.39, 0.29) is 12.5 Å². The maximum Gasteiger partial charge on any atom is 0.241 e. The number of nitrogens with one attached hydrogen (secondary N) is 2. The number of nitrogens with zero attached hydrogens (tertiary/aromatic N) is 3. The molecule has 2 N–H and O–H groups in total. The largest absolute Gasteiger partial charge is 0.492 e. The Morgan fingerprint density at radius 2 is 1.96 bits per heavy atom. The van der Waals surface area contributed by atoms with Gasteiger partial charge in [0.1, 0.15) is 12.4 Å². The van der Waals surface area contributed by atoms with Crippen molar-refractivity contribution in [2.24, 2.45) is 4.99 Å². The van der Waals surface area contributed by atoms with Gasteiger partial charge >= 0.3 is 0 Å². The van der Waals surface area contributed by atoms with Crippen LogP contribution in [0.1, 0.15) is 11.3 Å². The molecular weight excluding hydrogens is 354 g/mol. The summed E-state index contributed by atoms with van der Waals surface area (Å²) in [6, 6.07) is 13.7. The number of aliphatic imine (C=N–C) groups is 1. The van der Waals surface area contributed by atoms with Crippen molar-refractivity contribution < 1.29 is 9.53 Å². The highest BCUT2D eigenvalue weighted by Crippen LogP contribution is 2.10. The minimum atomic E-state index is -0.00483. The molecule has 0 spiro atoms. The second-order valence-corrected chi connectivity index (χ2v) is 6.40. The maximum absolute atomic E-state index is 12.3. The number of hydrogen-bond donors (Lipinski definition) is 2. The average Bonchev–Trinajstić information content (AvgIpc) is 2.73. The van der Waals surface area contributed by atoms with Crippen molar-refractivity contribution in [1.82, 2.24) is 20.5 Å². The lowest BCUT2D eigenvalue weighted by molar-refractivity contribution is -0.128. The second kappa shape index (κ2) is 11.6. The quantitative estimate of drug-likeness (QED) is 0.391. The summed E-state index contributed by atoms with van der Waals surface area (Å²) in [6.45, 7) is 3.92. The number of amides is 1. The minimum absolute atomic E-state index is 0.00483. The fraction of sp³-hybridized carbons (Fsp3) is 0.381. The first kappa shape index (κ1) is 21.2. The number of likely N-dealkylation sites (N-methyl/N-ethyl adjacent to an activating group) is 1. The van der Waals surface area contributed by atoms with Crippen LogP contribution in [0.5, 0.6) is 5.75 Å². The van der Waals surface area contributed by atoms with E-state index < -0.39 is 0 Å². The molecule has 0 atom stereocenters. The fourth-order valence-corrected chi connectivity index (χ4v) is 2.44. The Labute approximate surface area is 166 Å². The molecule has 0 aliphatic carbocycles. The summed E-state index contributed by atoms with van der Waals surface area (Å²) in [6.07, 6.45) is 2.49. The Balaban J connectivity index is 1.63. The van der Waals surface area contributed by atoms with Crippen LogP contribution in [0.15, 0.2) is 53.7 Å². The SMILES string of the molecule is CN=C(NCCOc1ccc(C)cc1)NCC(=O)N(C)CCc1ccccn1. The zero-order valence-corrected chi connectivity index (χ0v) is 16.8. The standard InChI is InChI=1S/C21H29N5O2/c1-17-7-9-19(10-8-17)28-15-13-24-21(22-2)25-16-20(27)26(3)14-11-18-6-4-5-12-23-18/h4-10,12H,11,13-16H2,1-3H3,(H2,22,24,25). The molecule has 0 fully saturated rings. The molecule has 7 nitrogen and oxygen atoms in total. The fourth-order valence-electron chi connectivity index (χ4n) is 2.44. The number of hydrogen-bond acceptors (Lipinski definition) is 4. The predicted octanol–water partition coefficient (Wildman–Crippen LogP) is 1.63. The molecule has 150 valence electrons. The Morgan fingerprint density at radius 3 is 2.64 bits per heavy atom. The van der Waals surface area contributed by atoms with Gasteiger partial charge in [-0.25, -0.2) is 0 Å². The van der Waals surface area contributed by atoms with Gasteiger partial charge in [0.25, 0.3) is 0 Å². The highest BCUT2D eigenvalue weighted by Gasteiger charge is 2.09. The number of aromatic nitrogens is 1. The van der Waals surface area contributed by atoms with Crippen molar-refractivity contribution in [3.05, 3.63) is 59.9 Å². The van der Waals surface area contributed by atoms with E-state index in [4.69, 9.17) is 4.74 Å². The first-order valence-electron chi connectivity index (χ1n) is 9.36. The van der Waals surface area contributed by atoms with Crippen LogP contribution in [0.4, 0.5) is 0 Å². The third-order valence-electron chi connectivity index (χ3n) is 4.17. The van der Waals surface area contributed by atoms with Gasteiger partial charge in [0.05, 0.1) is 13.1 Å². The molecule has 7 heteroatoms. The zero-order valence-electron chi connectivity index (χ0n) is 16.8. The van der Waals surface area contributed by atoms with Crippen molar-refractivity contribution in [2.75, 3.05) is 40.3 Å². The van der Waals surface area contributed by atoms with E-state index in [2.05, 4.69) is 20.6 Å². The summed E-state index contributed by atoms with van der Waals surface area (Å²) in [5.74, 6) is 1.40. The van der Waals surface area contributed by atoms with E-state index in [0.717, 1.165) is 17.9 Å². The molecule has 2 aromatic rings. The summed E-state index contributed by atoms with van der Waals surface area (Å²) in [5, 5.41) is 6.17. The van der Waals surface area contributed by atoms with Gasteiger partial charge in [-0.3, -0.25) is 14.8 Å². The summed E-state index contributed by atoms with van der Waals surface area (Å²) < 4.78 is 5.67. The van der Waals surface area contributed by atoms with E-state index in [1.807, 2.05) is 49.4 Å². The van der Waals surface area contributed by atoms with Crippen LogP contribution < -0.4 is 15.4 Å². The maximum atomic E-state index is 12.3. The molecule has 0 unspecified atom stereocenters. The molecular formula is C21H29N5O2. The second-order valence-electron chi connectivity index (χ2n) is 6.40. The van der Waals surface area contributed by atoms with Crippen LogP contribution in [0.2, 0.25) is 0 Å². The van der Waals surface area contributed by atoms with Gasteiger partial charge in [0, 0.05) is 39.0 Å². The molecule has 0 aliphatic rings. The lowest BCUT2D eigenvalue weighted by Gasteiger charge is -2.18. The van der Waals surface area contributed by atoms with Gasteiger partial charge in [-0.15, -0.1) is 0 Å². The van der Waals surface area contributed by atoms with Crippen LogP contribution in [0.3, 0.4) is 0 Å². The lowest BCUT2D eigenvalue weighted by atomic mass is 10.2. The number of pyridine rings is 1. The number of carbonyl (C=O) groups excluding carboxylic acids is 1. The summed E-state index contributed by atoms with van der Waals surface area (Å²) in [4.78, 5) is 22.4. The molecule has 0 saturated heterocycles. The van der Waals surface area contributed by atoms with Crippen LogP contribution in [-0.4, -0.2) is 62.1 Å². The van der Waals surface area contributed by atoms with Gasteiger partial charge in [0.15, 0.2) is 5.96 Å². The predicted molar refractivity (Wildman–Crippen MR) is 112 cm³/mol. The molecule has 28 heavy (non-hydrogen) atoms. The lowest BCUT2D eigenvalue weighted by Crippen LogP contribution is -2.45. The van der Waals surface area contributed by atoms with Crippen molar-refractivity contribution in [1.29, 1.82) is 0 Å². The van der Waals surface area contributed by atoms with Crippen molar-refractivity contribution >= 4 is 11.9 Å². The van der Waals surface area contributed by atoms with E-state index in [0.29, 0.717) is 25.7 Å². The van der Waals surface area contributed by atoms with Crippen molar-refractivity contribution in [2.45, 2.75) is 13.3 Å². The van der Waals surface area contributed by atoms with Gasteiger partial charge in [-0.1, -0.05) is 23.8 Å². The smallest absolute Gasteiger partial charge is 0.241 e. The molecule has 1 aromatic heterocycles. The van der Waals surface area contributed by atoms with Crippen molar-refractivity contribution in [3.8, 4) is 5.75 Å².